The number of hydrogen-bond acceptors (Lipinski definition) is 0. The fraction of sp³-hybridized carbons (Fsp3) is 0.135. The molecule has 0 aliphatic rings. The smallest absolute Gasteiger partial charge is 0.372 e. The van der Waals surface area contributed by atoms with Gasteiger partial charge in [-0.25, -0.2) is 0 Å². The van der Waals surface area contributed by atoms with Crippen molar-refractivity contribution in [3.8, 4) is 22.3 Å². The van der Waals surface area contributed by atoms with Gasteiger partial charge in [0.15, 0.2) is 0 Å². The van der Waals surface area contributed by atoms with E-state index in [-0.39, 0.29) is 50.7 Å². The van der Waals surface area contributed by atoms with Crippen LogP contribution in [-0.4, -0.2) is 0 Å². The number of rotatable bonds is 4. The molecule has 0 fully saturated rings. The molecule has 0 spiro atoms. The first kappa shape index (κ1) is 35.6. The van der Waals surface area contributed by atoms with Gasteiger partial charge in [-0.1, -0.05) is 97.8 Å². The van der Waals surface area contributed by atoms with Gasteiger partial charge < -0.3 is 20.3 Å². The van der Waals surface area contributed by atoms with E-state index in [4.69, 9.17) is 0 Å². The number of aryl methyl sites for hydroxylation is 2. The molecule has 0 N–H and O–H groups in total. The molecule has 0 heterocycles. The number of benzene rings is 4. The van der Waals surface area contributed by atoms with Gasteiger partial charge in [-0.15, -0.1) is 93.9 Å². The molecular weight excluding hydrogens is 694 g/mol. The first-order valence-electron chi connectivity index (χ1n) is 13.2. The van der Waals surface area contributed by atoms with Crippen molar-refractivity contribution in [2.24, 2.45) is 0 Å². The van der Waals surface area contributed by atoms with Crippen LogP contribution in [0.3, 0.4) is 0 Å². The maximum atomic E-state index is 3.38. The second-order valence-corrected chi connectivity index (χ2v) is 9.14. The van der Waals surface area contributed by atoms with Crippen LogP contribution in [0, 0.1) is 13.8 Å². The van der Waals surface area contributed by atoms with E-state index in [1.165, 1.54) is 54.9 Å². The van der Waals surface area contributed by atoms with Crippen LogP contribution in [0.15, 0.2) is 121 Å². The van der Waals surface area contributed by atoms with Crippen LogP contribution in [0.1, 0.15) is 31.4 Å². The fourth-order valence-electron chi connectivity index (χ4n) is 4.74. The van der Waals surface area contributed by atoms with Gasteiger partial charge >= 0.3 is 25.8 Å². The molecule has 6 rings (SSSR count). The molecule has 6 aromatic rings. The minimum absolute atomic E-state index is 0. The molecule has 0 saturated heterocycles. The molecule has 0 radical (unpaired) electrons. The summed E-state index contributed by atoms with van der Waals surface area (Å²) < 4.78 is 0. The Morgan fingerprint density at radius 1 is 0.525 bits per heavy atom. The molecule has 0 aliphatic heterocycles. The molecule has 0 nitrogen and oxygen atoms in total. The Hall–Kier alpha value is -2.45. The van der Waals surface area contributed by atoms with Crippen molar-refractivity contribution in [1.29, 1.82) is 0 Å². The van der Waals surface area contributed by atoms with E-state index >= 15 is 0 Å². The van der Waals surface area contributed by atoms with Crippen LogP contribution in [-0.2, 0) is 38.7 Å². The molecule has 0 atom stereocenters. The molecule has 204 valence electrons. The van der Waals surface area contributed by atoms with Gasteiger partial charge in [-0.05, 0) is 24.0 Å². The third-order valence-electron chi connectivity index (χ3n) is 6.61. The Balaban J connectivity index is 0.000000341. The standard InChI is InChI=1S/2C17H15.C3H6.2ClH.Hf/c2*1-2-13-11-15-9-6-10-16(17(15)12-13)14-7-4-3-5-8-14;1-3-2;;;/h2*3-12H,2H2,1H3;1-3H2;2*1H;/q2*-1;-2;;;+4. The van der Waals surface area contributed by atoms with E-state index in [0.717, 1.165) is 19.3 Å². The van der Waals surface area contributed by atoms with Gasteiger partial charge in [0, 0.05) is 0 Å². The van der Waals surface area contributed by atoms with Crippen molar-refractivity contribution in [2.75, 3.05) is 0 Å². The molecule has 0 saturated carbocycles. The predicted octanol–water partition coefficient (Wildman–Crippen LogP) is 11.5. The van der Waals surface area contributed by atoms with Crippen molar-refractivity contribution in [2.45, 2.75) is 33.1 Å². The summed E-state index contributed by atoms with van der Waals surface area (Å²) in [5.74, 6) is 0. The van der Waals surface area contributed by atoms with Gasteiger partial charge in [-0.3, -0.25) is 0 Å². The molecule has 3 heteroatoms. The summed E-state index contributed by atoms with van der Waals surface area (Å²) in [6.07, 6.45) is 2.95. The summed E-state index contributed by atoms with van der Waals surface area (Å²) >= 11 is 0. The SMILES string of the molecule is CCc1cc2c(-c3ccccc3)cccc2[cH-]1.CCc1cc2c(-c3ccccc3)cccc2[cH-]1.Cl.Cl.[CH2-]C[CH2-].[Hf+4]. The van der Waals surface area contributed by atoms with E-state index in [9.17, 15) is 0 Å². The molecule has 40 heavy (non-hydrogen) atoms. The van der Waals surface area contributed by atoms with Crippen LogP contribution in [0.2, 0.25) is 0 Å². The monoisotopic (exact) mass is 732 g/mol. The summed E-state index contributed by atoms with van der Waals surface area (Å²) in [6, 6.07) is 43.5. The Labute approximate surface area is 272 Å². The zero-order chi connectivity index (χ0) is 26.0. The average molecular weight is 732 g/mol. The Morgan fingerprint density at radius 2 is 0.875 bits per heavy atom. The normalized spacial score (nSPS) is 9.70. The quantitative estimate of drug-likeness (QED) is 0.125. The van der Waals surface area contributed by atoms with Crippen molar-refractivity contribution < 1.29 is 25.8 Å². The molecule has 0 aliphatic carbocycles. The minimum Gasteiger partial charge on any atom is -0.372 e. The molecule has 6 aromatic carbocycles. The molecule has 0 unspecified atom stereocenters. The van der Waals surface area contributed by atoms with E-state index in [1.807, 2.05) is 0 Å². The van der Waals surface area contributed by atoms with Crippen molar-refractivity contribution in [3.05, 3.63) is 146 Å². The second kappa shape index (κ2) is 18.1. The number of hydrogen-bond donors (Lipinski definition) is 0. The van der Waals surface area contributed by atoms with E-state index in [2.05, 4.69) is 149 Å². The van der Waals surface area contributed by atoms with Gasteiger partial charge in [-0.2, -0.15) is 12.1 Å². The molecular formula is C37H38Cl2Hf. The van der Waals surface area contributed by atoms with Gasteiger partial charge in [0.25, 0.3) is 0 Å². The van der Waals surface area contributed by atoms with Crippen molar-refractivity contribution in [3.63, 3.8) is 0 Å². The summed E-state index contributed by atoms with van der Waals surface area (Å²) in [6.45, 7) is 11.2. The van der Waals surface area contributed by atoms with E-state index in [0.29, 0.717) is 0 Å². The van der Waals surface area contributed by atoms with Crippen LogP contribution < -0.4 is 0 Å². The van der Waals surface area contributed by atoms with Crippen LogP contribution >= 0.6 is 24.8 Å². The average Bonchev–Trinajstić information content (AvgIpc) is 3.58. The van der Waals surface area contributed by atoms with Gasteiger partial charge in [0.1, 0.15) is 0 Å². The second-order valence-electron chi connectivity index (χ2n) is 9.14. The number of fused-ring (bicyclic) bond motifs is 2. The zero-order valence-corrected chi connectivity index (χ0v) is 28.6. The summed E-state index contributed by atoms with van der Waals surface area (Å²) in [5.41, 5.74) is 8.11. The molecule has 0 bridgehead atoms. The third kappa shape index (κ3) is 8.77. The number of halogens is 2. The first-order chi connectivity index (χ1) is 18.2. The van der Waals surface area contributed by atoms with Crippen molar-refractivity contribution >= 4 is 46.4 Å². The maximum Gasteiger partial charge on any atom is 4.00 e. The topological polar surface area (TPSA) is 0 Å². The van der Waals surface area contributed by atoms with E-state index in [1.54, 1.807) is 0 Å². The van der Waals surface area contributed by atoms with Gasteiger partial charge in [0.2, 0.25) is 0 Å². The van der Waals surface area contributed by atoms with E-state index < -0.39 is 0 Å². The Kier molecular flexibility index (Phi) is 16.1. The fourth-order valence-corrected chi connectivity index (χ4v) is 4.74. The largest absolute Gasteiger partial charge is 4.00 e. The Bertz CT molecular complexity index is 1410. The molecule has 0 amide bonds. The summed E-state index contributed by atoms with van der Waals surface area (Å²) in [4.78, 5) is 0. The minimum atomic E-state index is 0. The van der Waals surface area contributed by atoms with Crippen LogP contribution in [0.25, 0.3) is 43.8 Å². The van der Waals surface area contributed by atoms with Crippen molar-refractivity contribution in [1.82, 2.24) is 0 Å². The maximum absolute atomic E-state index is 3.38. The first-order valence-corrected chi connectivity index (χ1v) is 13.2. The Morgan fingerprint density at radius 3 is 1.20 bits per heavy atom. The predicted molar refractivity (Wildman–Crippen MR) is 179 cm³/mol. The summed E-state index contributed by atoms with van der Waals surface area (Å²) in [7, 11) is 0. The van der Waals surface area contributed by atoms with Crippen LogP contribution in [0.4, 0.5) is 0 Å². The zero-order valence-electron chi connectivity index (χ0n) is 23.4. The third-order valence-corrected chi connectivity index (χ3v) is 6.61. The molecule has 0 aromatic heterocycles. The van der Waals surface area contributed by atoms with Gasteiger partial charge in [0.05, 0.1) is 0 Å². The van der Waals surface area contributed by atoms with Crippen LogP contribution in [0.5, 0.6) is 0 Å². The summed E-state index contributed by atoms with van der Waals surface area (Å²) in [5, 5.41) is 5.44.